The predicted molar refractivity (Wildman–Crippen MR) is 67.4 cm³/mol. The highest BCUT2D eigenvalue weighted by Crippen LogP contribution is 2.42. The van der Waals surface area contributed by atoms with Gasteiger partial charge in [0.2, 0.25) is 6.79 Å². The minimum atomic E-state index is -4.74. The Balaban J connectivity index is 3.12. The molecule has 0 radical (unpaired) electrons. The summed E-state index contributed by atoms with van der Waals surface area (Å²) in [5.41, 5.74) is -4.74. The van der Waals surface area contributed by atoms with Gasteiger partial charge in [0.1, 0.15) is 4.90 Å². The third-order valence-electron chi connectivity index (χ3n) is 1.77. The molecule has 0 bridgehead atoms. The Hall–Kier alpha value is -0.420. The molecule has 1 atom stereocenters. The lowest BCUT2D eigenvalue weighted by Crippen LogP contribution is -2.11. The standard InChI is InChI=1S/C8H5ClF3O6PS2/c9-5-2-1-3-6(20-8(10,11)12)7(5)21(15,16)18-4-17-19(13)14/h1-3H,4H2/p+1. The summed E-state index contributed by atoms with van der Waals surface area (Å²) in [5.74, 6) is 0. The Bertz CT molecular complexity index is 635. The van der Waals surface area contributed by atoms with E-state index in [9.17, 15) is 26.2 Å². The molecule has 0 saturated heterocycles. The molecule has 1 N–H and O–H groups in total. The van der Waals surface area contributed by atoms with Crippen LogP contribution in [0.4, 0.5) is 13.2 Å². The van der Waals surface area contributed by atoms with Gasteiger partial charge in [-0.05, 0) is 23.9 Å². The summed E-state index contributed by atoms with van der Waals surface area (Å²) < 4.78 is 79.1. The van der Waals surface area contributed by atoms with Crippen LogP contribution >= 0.6 is 31.6 Å². The molecule has 0 amide bonds. The average molecular weight is 386 g/mol. The Morgan fingerprint density at radius 3 is 2.52 bits per heavy atom. The first kappa shape index (κ1) is 18.6. The Kier molecular flexibility index (Phi) is 6.41. The highest BCUT2D eigenvalue weighted by atomic mass is 35.5. The molecule has 13 heteroatoms. The zero-order chi connectivity index (χ0) is 16.3. The second-order valence-corrected chi connectivity index (χ2v) is 6.97. The van der Waals surface area contributed by atoms with Crippen LogP contribution in [0, 0.1) is 0 Å². The van der Waals surface area contributed by atoms with E-state index in [2.05, 4.69) is 8.71 Å². The number of halogens is 4. The largest absolute Gasteiger partial charge is 0.697 e. The van der Waals surface area contributed by atoms with Crippen molar-refractivity contribution in [3.05, 3.63) is 23.2 Å². The Labute approximate surface area is 127 Å². The zero-order valence-electron chi connectivity index (χ0n) is 9.70. The Morgan fingerprint density at radius 2 is 2.00 bits per heavy atom. The lowest BCUT2D eigenvalue weighted by atomic mass is 10.4. The van der Waals surface area contributed by atoms with Gasteiger partial charge in [0.25, 0.3) is 0 Å². The molecule has 1 aromatic rings. The van der Waals surface area contributed by atoms with Crippen LogP contribution in [-0.4, -0.2) is 25.6 Å². The summed E-state index contributed by atoms with van der Waals surface area (Å²) in [5, 5.41) is -0.488. The maximum atomic E-state index is 12.4. The first-order valence-corrected chi connectivity index (χ1v) is 8.49. The first-order chi connectivity index (χ1) is 9.53. The summed E-state index contributed by atoms with van der Waals surface area (Å²) >= 11 is 4.91. The monoisotopic (exact) mass is 385 g/mol. The number of hydrogen-bond acceptors (Lipinski definition) is 6. The van der Waals surface area contributed by atoms with Crippen LogP contribution in [0.25, 0.3) is 0 Å². The van der Waals surface area contributed by atoms with Crippen molar-refractivity contribution >= 4 is 41.7 Å². The second kappa shape index (κ2) is 7.23. The van der Waals surface area contributed by atoms with Crippen molar-refractivity contribution in [2.75, 3.05) is 6.79 Å². The number of rotatable bonds is 6. The summed E-state index contributed by atoms with van der Waals surface area (Å²) in [4.78, 5) is 6.73. The molecule has 0 heterocycles. The maximum absolute atomic E-state index is 12.4. The van der Waals surface area contributed by atoms with Gasteiger partial charge >= 0.3 is 23.9 Å². The van der Waals surface area contributed by atoms with Crippen molar-refractivity contribution in [2.45, 2.75) is 15.3 Å². The van der Waals surface area contributed by atoms with Crippen LogP contribution in [0.5, 0.6) is 0 Å². The van der Waals surface area contributed by atoms with Gasteiger partial charge in [-0.25, -0.2) is 4.18 Å². The number of thioether (sulfide) groups is 1. The fourth-order valence-electron chi connectivity index (χ4n) is 1.13. The van der Waals surface area contributed by atoms with Crippen molar-refractivity contribution < 1.29 is 39.8 Å². The fraction of sp³-hybridized carbons (Fsp3) is 0.250. The molecule has 0 aromatic heterocycles. The summed E-state index contributed by atoms with van der Waals surface area (Å²) in [7, 11) is -7.82. The highest BCUT2D eigenvalue weighted by molar-refractivity contribution is 8.00. The summed E-state index contributed by atoms with van der Waals surface area (Å²) in [6.07, 6.45) is 0. The maximum Gasteiger partial charge on any atom is 0.697 e. The first-order valence-electron chi connectivity index (χ1n) is 4.75. The topological polar surface area (TPSA) is 89.9 Å². The quantitative estimate of drug-likeness (QED) is 0.348. The molecule has 21 heavy (non-hydrogen) atoms. The number of hydrogen-bond donors (Lipinski definition) is 1. The smallest absolute Gasteiger partial charge is 0.232 e. The number of alkyl halides is 3. The summed E-state index contributed by atoms with van der Waals surface area (Å²) in [6.45, 7) is -1.14. The zero-order valence-corrected chi connectivity index (χ0v) is 13.0. The normalized spacial score (nSPS) is 13.3. The average Bonchev–Trinajstić information content (AvgIpc) is 2.25. The van der Waals surface area contributed by atoms with Gasteiger partial charge in [0.05, 0.1) is 5.02 Å². The predicted octanol–water partition coefficient (Wildman–Crippen LogP) is 3.28. The molecule has 0 saturated carbocycles. The highest BCUT2D eigenvalue weighted by Gasteiger charge is 2.34. The molecule has 1 unspecified atom stereocenters. The van der Waals surface area contributed by atoms with Crippen molar-refractivity contribution in [1.29, 1.82) is 0 Å². The third kappa shape index (κ3) is 6.07. The molecular weight excluding hydrogens is 380 g/mol. The van der Waals surface area contributed by atoms with E-state index >= 15 is 0 Å². The van der Waals surface area contributed by atoms with E-state index in [0.29, 0.717) is 0 Å². The van der Waals surface area contributed by atoms with E-state index in [-0.39, 0.29) is 0 Å². The van der Waals surface area contributed by atoms with Gasteiger partial charge in [0, 0.05) is 9.46 Å². The third-order valence-corrected chi connectivity index (χ3v) is 4.79. The van der Waals surface area contributed by atoms with Crippen LogP contribution < -0.4 is 0 Å². The second-order valence-electron chi connectivity index (χ2n) is 3.17. The van der Waals surface area contributed by atoms with Crippen molar-refractivity contribution in [3.63, 3.8) is 0 Å². The van der Waals surface area contributed by atoms with E-state index in [1.165, 1.54) is 0 Å². The van der Waals surface area contributed by atoms with E-state index in [0.717, 1.165) is 18.2 Å². The van der Waals surface area contributed by atoms with Crippen LogP contribution in [-0.2, 0) is 23.4 Å². The summed E-state index contributed by atoms with van der Waals surface area (Å²) in [6, 6.07) is 3.09. The fourth-order valence-corrected chi connectivity index (χ4v) is 3.80. The van der Waals surface area contributed by atoms with Crippen LogP contribution in [0.1, 0.15) is 0 Å². The molecule has 0 aliphatic carbocycles. The van der Waals surface area contributed by atoms with Gasteiger partial charge < -0.3 is 0 Å². The van der Waals surface area contributed by atoms with Gasteiger partial charge in [-0.3, -0.25) is 0 Å². The number of benzene rings is 1. The van der Waals surface area contributed by atoms with E-state index in [1.807, 2.05) is 0 Å². The molecule has 0 aliphatic heterocycles. The lowest BCUT2D eigenvalue weighted by molar-refractivity contribution is -0.0328. The molecule has 6 nitrogen and oxygen atoms in total. The van der Waals surface area contributed by atoms with Crippen LogP contribution in [0.3, 0.4) is 0 Å². The van der Waals surface area contributed by atoms with Gasteiger partial charge in [-0.15, -0.1) is 4.89 Å². The molecular formula is C8H6ClF3O6PS2+. The molecule has 0 aliphatic rings. The molecule has 1 aromatic carbocycles. The SMILES string of the molecule is O=[P+](O)OCOS(=O)(=O)c1c(Cl)cccc1SC(F)(F)F. The minimum Gasteiger partial charge on any atom is -0.232 e. The van der Waals surface area contributed by atoms with E-state index in [1.54, 1.807) is 0 Å². The van der Waals surface area contributed by atoms with Gasteiger partial charge in [-0.2, -0.15) is 21.6 Å². The Morgan fingerprint density at radius 1 is 1.38 bits per heavy atom. The molecule has 0 fully saturated rings. The molecule has 118 valence electrons. The molecule has 0 spiro atoms. The lowest BCUT2D eigenvalue weighted by Gasteiger charge is -2.12. The van der Waals surface area contributed by atoms with Gasteiger partial charge in [-0.1, -0.05) is 22.2 Å². The van der Waals surface area contributed by atoms with Crippen molar-refractivity contribution in [3.8, 4) is 0 Å². The minimum absolute atomic E-state index is 0.488. The van der Waals surface area contributed by atoms with E-state index in [4.69, 9.17) is 16.5 Å². The molecule has 1 rings (SSSR count). The van der Waals surface area contributed by atoms with E-state index < -0.39 is 57.2 Å². The van der Waals surface area contributed by atoms with Crippen LogP contribution in [0.2, 0.25) is 5.02 Å². The van der Waals surface area contributed by atoms with Crippen molar-refractivity contribution in [2.24, 2.45) is 0 Å². The van der Waals surface area contributed by atoms with Crippen molar-refractivity contribution in [1.82, 2.24) is 0 Å². The van der Waals surface area contributed by atoms with Crippen LogP contribution in [0.15, 0.2) is 28.0 Å². The van der Waals surface area contributed by atoms with Gasteiger partial charge in [0.15, 0.2) is 0 Å².